The van der Waals surface area contributed by atoms with E-state index in [4.69, 9.17) is 4.74 Å². The number of aryl methyl sites for hydroxylation is 1. The molecule has 0 saturated carbocycles. The Morgan fingerprint density at radius 1 is 1.38 bits per heavy atom. The van der Waals surface area contributed by atoms with Crippen LogP contribution >= 0.6 is 0 Å². The molecule has 1 aliphatic heterocycles. The minimum absolute atomic E-state index is 0.203. The molecule has 88 valence electrons. The van der Waals surface area contributed by atoms with Crippen LogP contribution in [0.2, 0.25) is 0 Å². The summed E-state index contributed by atoms with van der Waals surface area (Å²) in [6.07, 6.45) is 5.25. The van der Waals surface area contributed by atoms with Gasteiger partial charge in [0.2, 0.25) is 0 Å². The summed E-state index contributed by atoms with van der Waals surface area (Å²) < 4.78 is 5.29. The Hall–Kier alpha value is -0.930. The fourth-order valence-corrected chi connectivity index (χ4v) is 2.18. The Morgan fingerprint density at radius 3 is 2.88 bits per heavy atom. The molecule has 2 rings (SSSR count). The van der Waals surface area contributed by atoms with Crippen molar-refractivity contribution in [2.24, 2.45) is 5.92 Å². The van der Waals surface area contributed by atoms with Crippen LogP contribution in [0.25, 0.3) is 0 Å². The van der Waals surface area contributed by atoms with Crippen molar-refractivity contribution in [3.05, 3.63) is 30.1 Å². The van der Waals surface area contributed by atoms with Crippen LogP contribution in [0.15, 0.2) is 24.4 Å². The van der Waals surface area contributed by atoms with Gasteiger partial charge in [0, 0.05) is 25.1 Å². The topological polar surface area (TPSA) is 42.4 Å². The van der Waals surface area contributed by atoms with Crippen LogP contribution in [0, 0.1) is 5.92 Å². The van der Waals surface area contributed by atoms with Gasteiger partial charge in [0.15, 0.2) is 0 Å². The highest BCUT2D eigenvalue weighted by Crippen LogP contribution is 2.21. The van der Waals surface area contributed by atoms with Crippen molar-refractivity contribution in [2.45, 2.75) is 31.8 Å². The van der Waals surface area contributed by atoms with Crippen molar-refractivity contribution in [1.29, 1.82) is 0 Å². The van der Waals surface area contributed by atoms with Gasteiger partial charge in [0.25, 0.3) is 0 Å². The van der Waals surface area contributed by atoms with Crippen molar-refractivity contribution < 1.29 is 9.84 Å². The summed E-state index contributed by atoms with van der Waals surface area (Å²) in [6, 6.07) is 5.91. The first-order chi connectivity index (χ1) is 7.86. The van der Waals surface area contributed by atoms with Crippen molar-refractivity contribution in [2.75, 3.05) is 13.2 Å². The molecule has 2 heterocycles. The number of hydrogen-bond donors (Lipinski definition) is 1. The molecule has 16 heavy (non-hydrogen) atoms. The first kappa shape index (κ1) is 11.6. The van der Waals surface area contributed by atoms with Gasteiger partial charge in [-0.1, -0.05) is 6.07 Å². The number of aliphatic hydroxyl groups is 1. The van der Waals surface area contributed by atoms with Crippen LogP contribution in [-0.2, 0) is 11.2 Å². The molecule has 1 unspecified atom stereocenters. The van der Waals surface area contributed by atoms with E-state index in [2.05, 4.69) is 4.98 Å². The maximum Gasteiger partial charge on any atom is 0.0573 e. The highest BCUT2D eigenvalue weighted by molar-refractivity contribution is 5.03. The third-order valence-corrected chi connectivity index (χ3v) is 3.23. The minimum atomic E-state index is -0.203. The summed E-state index contributed by atoms with van der Waals surface area (Å²) in [6.45, 7) is 1.59. The standard InChI is InChI=1S/C13H19NO2/c15-13(11-6-9-16-10-7-11)5-4-12-3-1-2-8-14-12/h1-3,8,11,13,15H,4-7,9-10H2. The van der Waals surface area contributed by atoms with E-state index < -0.39 is 0 Å². The highest BCUT2D eigenvalue weighted by Gasteiger charge is 2.21. The van der Waals surface area contributed by atoms with E-state index in [0.717, 1.165) is 44.6 Å². The van der Waals surface area contributed by atoms with Gasteiger partial charge in [-0.25, -0.2) is 0 Å². The van der Waals surface area contributed by atoms with Gasteiger partial charge in [-0.05, 0) is 43.7 Å². The quantitative estimate of drug-likeness (QED) is 0.843. The second kappa shape index (κ2) is 5.97. The van der Waals surface area contributed by atoms with Gasteiger partial charge in [0.05, 0.1) is 6.10 Å². The predicted molar refractivity (Wildman–Crippen MR) is 62.1 cm³/mol. The van der Waals surface area contributed by atoms with E-state index in [-0.39, 0.29) is 6.10 Å². The molecule has 1 N–H and O–H groups in total. The van der Waals surface area contributed by atoms with Gasteiger partial charge in [-0.2, -0.15) is 0 Å². The molecule has 3 heteroatoms. The van der Waals surface area contributed by atoms with Gasteiger partial charge >= 0.3 is 0 Å². The molecule has 1 aromatic rings. The zero-order chi connectivity index (χ0) is 11.2. The lowest BCUT2D eigenvalue weighted by molar-refractivity contribution is 0.00507. The SMILES string of the molecule is OC(CCc1ccccn1)C1CCOCC1. The Kier molecular flexibility index (Phi) is 4.31. The van der Waals surface area contributed by atoms with Gasteiger partial charge < -0.3 is 9.84 Å². The number of aliphatic hydroxyl groups excluding tert-OH is 1. The monoisotopic (exact) mass is 221 g/mol. The smallest absolute Gasteiger partial charge is 0.0573 e. The molecule has 1 fully saturated rings. The third kappa shape index (κ3) is 3.29. The molecule has 0 amide bonds. The van der Waals surface area contributed by atoms with Gasteiger partial charge in [-0.15, -0.1) is 0 Å². The van der Waals surface area contributed by atoms with Crippen molar-refractivity contribution in [3.8, 4) is 0 Å². The average molecular weight is 221 g/mol. The Morgan fingerprint density at radius 2 is 2.19 bits per heavy atom. The molecule has 0 radical (unpaired) electrons. The normalized spacial score (nSPS) is 19.6. The lowest BCUT2D eigenvalue weighted by atomic mass is 9.91. The number of rotatable bonds is 4. The second-order valence-corrected chi connectivity index (χ2v) is 4.38. The Bertz CT molecular complexity index is 296. The van der Waals surface area contributed by atoms with Crippen LogP contribution in [0.4, 0.5) is 0 Å². The first-order valence-corrected chi connectivity index (χ1v) is 6.02. The summed E-state index contributed by atoms with van der Waals surface area (Å²) in [7, 11) is 0. The maximum absolute atomic E-state index is 10.1. The third-order valence-electron chi connectivity index (χ3n) is 3.23. The molecule has 1 aromatic heterocycles. The molecule has 0 aromatic carbocycles. The molecule has 0 bridgehead atoms. The second-order valence-electron chi connectivity index (χ2n) is 4.38. The summed E-state index contributed by atoms with van der Waals surface area (Å²) in [5.74, 6) is 0.414. The predicted octanol–water partition coefficient (Wildman–Crippen LogP) is 1.80. The number of hydrogen-bond acceptors (Lipinski definition) is 3. The summed E-state index contributed by atoms with van der Waals surface area (Å²) in [5.41, 5.74) is 1.06. The summed E-state index contributed by atoms with van der Waals surface area (Å²) in [5, 5.41) is 10.1. The molecule has 0 aliphatic carbocycles. The number of aromatic nitrogens is 1. The van der Waals surface area contributed by atoms with E-state index in [1.165, 1.54) is 0 Å². The van der Waals surface area contributed by atoms with E-state index in [1.807, 2.05) is 18.2 Å². The van der Waals surface area contributed by atoms with Crippen LogP contribution in [-0.4, -0.2) is 29.4 Å². The van der Waals surface area contributed by atoms with Gasteiger partial charge in [-0.3, -0.25) is 4.98 Å². The first-order valence-electron chi connectivity index (χ1n) is 6.02. The molecule has 0 spiro atoms. The Balaban J connectivity index is 1.76. The van der Waals surface area contributed by atoms with Gasteiger partial charge in [0.1, 0.15) is 0 Å². The van der Waals surface area contributed by atoms with Crippen LogP contribution in [0.3, 0.4) is 0 Å². The zero-order valence-electron chi connectivity index (χ0n) is 9.51. The number of ether oxygens (including phenoxy) is 1. The minimum Gasteiger partial charge on any atom is -0.393 e. The van der Waals surface area contributed by atoms with Crippen molar-refractivity contribution >= 4 is 0 Å². The molecular formula is C13H19NO2. The van der Waals surface area contributed by atoms with E-state index in [1.54, 1.807) is 6.20 Å². The molecule has 1 aliphatic rings. The van der Waals surface area contributed by atoms with Crippen LogP contribution in [0.5, 0.6) is 0 Å². The maximum atomic E-state index is 10.1. The summed E-state index contributed by atoms with van der Waals surface area (Å²) >= 11 is 0. The molecule has 1 saturated heterocycles. The van der Waals surface area contributed by atoms with E-state index in [9.17, 15) is 5.11 Å². The van der Waals surface area contributed by atoms with Crippen LogP contribution < -0.4 is 0 Å². The number of pyridine rings is 1. The lowest BCUT2D eigenvalue weighted by Gasteiger charge is -2.26. The average Bonchev–Trinajstić information content (AvgIpc) is 2.38. The largest absolute Gasteiger partial charge is 0.393 e. The molecule has 3 nitrogen and oxygen atoms in total. The van der Waals surface area contributed by atoms with E-state index in [0.29, 0.717) is 5.92 Å². The van der Waals surface area contributed by atoms with Crippen LogP contribution in [0.1, 0.15) is 25.0 Å². The highest BCUT2D eigenvalue weighted by atomic mass is 16.5. The fourth-order valence-electron chi connectivity index (χ4n) is 2.18. The summed E-state index contributed by atoms with van der Waals surface area (Å²) in [4.78, 5) is 4.26. The molecular weight excluding hydrogens is 202 g/mol. The molecule has 1 atom stereocenters. The van der Waals surface area contributed by atoms with Crippen molar-refractivity contribution in [3.63, 3.8) is 0 Å². The number of nitrogens with zero attached hydrogens (tertiary/aromatic N) is 1. The Labute approximate surface area is 96.5 Å². The van der Waals surface area contributed by atoms with E-state index >= 15 is 0 Å². The lowest BCUT2D eigenvalue weighted by Crippen LogP contribution is -2.27. The zero-order valence-corrected chi connectivity index (χ0v) is 9.51. The fraction of sp³-hybridized carbons (Fsp3) is 0.615. The van der Waals surface area contributed by atoms with Crippen molar-refractivity contribution in [1.82, 2.24) is 4.98 Å².